The van der Waals surface area contributed by atoms with Gasteiger partial charge in [0.15, 0.2) is 6.10 Å². The summed E-state index contributed by atoms with van der Waals surface area (Å²) in [4.78, 5) is 10.6. The summed E-state index contributed by atoms with van der Waals surface area (Å²) in [5.41, 5.74) is 0.867. The van der Waals surface area contributed by atoms with Crippen molar-refractivity contribution in [2.45, 2.75) is 18.4 Å². The Balaban J connectivity index is 2.83. The number of carboxylic acid groups (broad SMARTS) is 1. The normalized spacial score (nSPS) is 12.2. The molecule has 1 aromatic rings. The fourth-order valence-corrected chi connectivity index (χ4v) is 1.79. The van der Waals surface area contributed by atoms with Crippen molar-refractivity contribution in [3.63, 3.8) is 0 Å². The van der Waals surface area contributed by atoms with Gasteiger partial charge in [0.2, 0.25) is 0 Å². The van der Waals surface area contributed by atoms with Gasteiger partial charge >= 0.3 is 5.97 Å². The van der Waals surface area contributed by atoms with Crippen LogP contribution in [0.5, 0.6) is 5.75 Å². The molecule has 5 heteroatoms. The topological polar surface area (TPSA) is 46.5 Å². The molecular weight excluding hydrogens is 283 g/mol. The van der Waals surface area contributed by atoms with Gasteiger partial charge < -0.3 is 9.84 Å². The van der Waals surface area contributed by atoms with E-state index in [9.17, 15) is 4.79 Å². The van der Waals surface area contributed by atoms with E-state index in [2.05, 4.69) is 15.9 Å². The maximum Gasteiger partial charge on any atom is 0.344 e. The lowest BCUT2D eigenvalue weighted by molar-refractivity contribution is -0.144. The van der Waals surface area contributed by atoms with E-state index < -0.39 is 12.1 Å². The van der Waals surface area contributed by atoms with E-state index in [1.54, 1.807) is 18.2 Å². The molecule has 0 fully saturated rings. The molecule has 0 heterocycles. The van der Waals surface area contributed by atoms with Crippen LogP contribution < -0.4 is 4.74 Å². The second-order valence-corrected chi connectivity index (χ2v) is 3.95. The van der Waals surface area contributed by atoms with E-state index in [4.69, 9.17) is 21.4 Å². The molecule has 1 atom stereocenters. The summed E-state index contributed by atoms with van der Waals surface area (Å²) in [7, 11) is 0. The first-order valence-electron chi connectivity index (χ1n) is 4.28. The van der Waals surface area contributed by atoms with Crippen LogP contribution >= 0.6 is 27.5 Å². The van der Waals surface area contributed by atoms with E-state index in [0.717, 1.165) is 5.56 Å². The van der Waals surface area contributed by atoms with Crippen LogP contribution in [0.4, 0.5) is 0 Å². The molecule has 0 spiro atoms. The Morgan fingerprint density at radius 3 is 2.87 bits per heavy atom. The maximum atomic E-state index is 10.6. The van der Waals surface area contributed by atoms with Gasteiger partial charge in [0.1, 0.15) is 5.75 Å². The van der Waals surface area contributed by atoms with Crippen LogP contribution in [0, 0.1) is 0 Å². The van der Waals surface area contributed by atoms with Gasteiger partial charge in [0, 0.05) is 10.4 Å². The first kappa shape index (κ1) is 12.3. The first-order chi connectivity index (χ1) is 7.04. The lowest BCUT2D eigenvalue weighted by Crippen LogP contribution is -2.22. The molecule has 1 unspecified atom stereocenters. The third-order valence-corrected chi connectivity index (χ3v) is 2.79. The van der Waals surface area contributed by atoms with Crippen LogP contribution in [0.2, 0.25) is 5.02 Å². The standard InChI is InChI=1S/C10H10BrClO3/c1-6(10(13)14)15-8-2-3-9(12)7(4-8)5-11/h2-4,6H,5H2,1H3,(H,13,14). The molecule has 3 nitrogen and oxygen atoms in total. The number of carboxylic acids is 1. The van der Waals surface area contributed by atoms with Crippen molar-refractivity contribution < 1.29 is 14.6 Å². The molecular formula is C10H10BrClO3. The summed E-state index contributed by atoms with van der Waals surface area (Å²) in [5.74, 6) is -0.492. The third kappa shape index (κ3) is 3.39. The monoisotopic (exact) mass is 292 g/mol. The predicted molar refractivity (Wildman–Crippen MR) is 61.8 cm³/mol. The molecule has 0 aliphatic carbocycles. The Kier molecular flexibility index (Phi) is 4.42. The molecule has 1 rings (SSSR count). The molecule has 0 saturated heterocycles. The Bertz CT molecular complexity index is 368. The van der Waals surface area contributed by atoms with E-state index in [-0.39, 0.29) is 0 Å². The predicted octanol–water partition coefficient (Wildman–Crippen LogP) is 3.09. The average molecular weight is 294 g/mol. The van der Waals surface area contributed by atoms with Crippen LogP contribution in [0.3, 0.4) is 0 Å². The average Bonchev–Trinajstić information content (AvgIpc) is 2.20. The molecule has 0 aromatic heterocycles. The number of ether oxygens (including phenoxy) is 1. The van der Waals surface area contributed by atoms with Crippen molar-refractivity contribution in [3.8, 4) is 5.75 Å². The highest BCUT2D eigenvalue weighted by Gasteiger charge is 2.12. The maximum absolute atomic E-state index is 10.6. The van der Waals surface area contributed by atoms with Gasteiger partial charge in [-0.25, -0.2) is 4.79 Å². The summed E-state index contributed by atoms with van der Waals surface area (Å²) in [6.45, 7) is 1.48. The van der Waals surface area contributed by atoms with Crippen LogP contribution in [-0.4, -0.2) is 17.2 Å². The van der Waals surface area contributed by atoms with E-state index in [1.165, 1.54) is 6.92 Å². The molecule has 0 radical (unpaired) electrons. The molecule has 0 aliphatic rings. The first-order valence-corrected chi connectivity index (χ1v) is 5.78. The second kappa shape index (κ2) is 5.37. The van der Waals surface area contributed by atoms with Crippen molar-refractivity contribution in [1.29, 1.82) is 0 Å². The fourth-order valence-electron chi connectivity index (χ4n) is 0.981. The Labute approximate surface area is 101 Å². The quantitative estimate of drug-likeness (QED) is 0.868. The highest BCUT2D eigenvalue weighted by Crippen LogP contribution is 2.24. The van der Waals surface area contributed by atoms with Crippen molar-refractivity contribution in [1.82, 2.24) is 0 Å². The van der Waals surface area contributed by atoms with Gasteiger partial charge in [0.25, 0.3) is 0 Å². The zero-order valence-electron chi connectivity index (χ0n) is 8.04. The minimum Gasteiger partial charge on any atom is -0.479 e. The van der Waals surface area contributed by atoms with Crippen molar-refractivity contribution >= 4 is 33.5 Å². The summed E-state index contributed by atoms with van der Waals surface area (Å²) < 4.78 is 5.19. The number of halogens is 2. The third-order valence-electron chi connectivity index (χ3n) is 1.82. The van der Waals surface area contributed by atoms with Gasteiger partial charge in [0.05, 0.1) is 0 Å². The SMILES string of the molecule is CC(Oc1ccc(Cl)c(CBr)c1)C(=O)O. The minimum absolute atomic E-state index is 0.503. The molecule has 1 N–H and O–H groups in total. The largest absolute Gasteiger partial charge is 0.479 e. The number of carbonyl (C=O) groups is 1. The smallest absolute Gasteiger partial charge is 0.344 e. The van der Waals surface area contributed by atoms with Gasteiger partial charge in [-0.05, 0) is 30.7 Å². The number of hydrogen-bond acceptors (Lipinski definition) is 2. The number of hydrogen-bond donors (Lipinski definition) is 1. The summed E-state index contributed by atoms with van der Waals surface area (Å²) in [6, 6.07) is 5.05. The lowest BCUT2D eigenvalue weighted by Gasteiger charge is -2.11. The number of aliphatic carboxylic acids is 1. The minimum atomic E-state index is -0.995. The highest BCUT2D eigenvalue weighted by atomic mass is 79.9. The zero-order valence-corrected chi connectivity index (χ0v) is 10.4. The van der Waals surface area contributed by atoms with Crippen LogP contribution in [-0.2, 0) is 10.1 Å². The summed E-state index contributed by atoms with van der Waals surface area (Å²) >= 11 is 9.17. The van der Waals surface area contributed by atoms with Crippen molar-refractivity contribution in [2.24, 2.45) is 0 Å². The van der Waals surface area contributed by atoms with Crippen LogP contribution in [0.1, 0.15) is 12.5 Å². The Morgan fingerprint density at radius 2 is 2.33 bits per heavy atom. The van der Waals surface area contributed by atoms with Gasteiger partial charge in [-0.15, -0.1) is 0 Å². The summed E-state index contributed by atoms with van der Waals surface area (Å²) in [5, 5.41) is 9.89. The van der Waals surface area contributed by atoms with E-state index >= 15 is 0 Å². The Hall–Kier alpha value is -0.740. The molecule has 15 heavy (non-hydrogen) atoms. The van der Waals surface area contributed by atoms with Crippen LogP contribution in [0.25, 0.3) is 0 Å². The number of alkyl halides is 1. The number of rotatable bonds is 4. The summed E-state index contributed by atoms with van der Waals surface area (Å²) in [6.07, 6.45) is -0.866. The van der Waals surface area contributed by atoms with E-state index in [0.29, 0.717) is 16.1 Å². The highest BCUT2D eigenvalue weighted by molar-refractivity contribution is 9.08. The van der Waals surface area contributed by atoms with Gasteiger partial charge in [-0.3, -0.25) is 0 Å². The molecule has 0 aliphatic heterocycles. The van der Waals surface area contributed by atoms with Crippen LogP contribution in [0.15, 0.2) is 18.2 Å². The number of benzene rings is 1. The fraction of sp³-hybridized carbons (Fsp3) is 0.300. The Morgan fingerprint density at radius 1 is 1.67 bits per heavy atom. The molecule has 1 aromatic carbocycles. The molecule has 82 valence electrons. The molecule has 0 bridgehead atoms. The second-order valence-electron chi connectivity index (χ2n) is 2.99. The van der Waals surface area contributed by atoms with Crippen molar-refractivity contribution in [3.05, 3.63) is 28.8 Å². The molecule has 0 amide bonds. The molecule has 0 saturated carbocycles. The van der Waals surface area contributed by atoms with E-state index in [1.807, 2.05) is 0 Å². The zero-order chi connectivity index (χ0) is 11.4. The van der Waals surface area contributed by atoms with Gasteiger partial charge in [-0.2, -0.15) is 0 Å². The van der Waals surface area contributed by atoms with Crippen molar-refractivity contribution in [2.75, 3.05) is 0 Å². The lowest BCUT2D eigenvalue weighted by atomic mass is 10.2. The van der Waals surface area contributed by atoms with Gasteiger partial charge in [-0.1, -0.05) is 27.5 Å².